The minimum atomic E-state index is -0.363. The number of hydrazone groups is 1. The molecule has 0 aliphatic rings. The Morgan fingerprint density at radius 3 is 2.48 bits per heavy atom. The lowest BCUT2D eigenvalue weighted by atomic mass is 10.0. The predicted molar refractivity (Wildman–Crippen MR) is 85.2 cm³/mol. The van der Waals surface area contributed by atoms with Crippen LogP contribution in [0.15, 0.2) is 53.6 Å². The van der Waals surface area contributed by atoms with E-state index in [1.165, 1.54) is 5.56 Å². The Morgan fingerprint density at radius 1 is 1.19 bits per heavy atom. The van der Waals surface area contributed by atoms with E-state index in [1.54, 1.807) is 6.07 Å². The quantitative estimate of drug-likeness (QED) is 0.455. The van der Waals surface area contributed by atoms with E-state index in [1.807, 2.05) is 55.5 Å². The van der Waals surface area contributed by atoms with Gasteiger partial charge in [-0.15, -0.1) is 0 Å². The number of para-hydroxylation sites is 1. The summed E-state index contributed by atoms with van der Waals surface area (Å²) in [5, 5.41) is 20.0. The number of nitrogens with zero attached hydrogens (tertiary/aromatic N) is 2. The van der Waals surface area contributed by atoms with Crippen molar-refractivity contribution in [1.29, 1.82) is 10.7 Å². The van der Waals surface area contributed by atoms with Gasteiger partial charge in [0, 0.05) is 5.56 Å². The van der Waals surface area contributed by atoms with Crippen molar-refractivity contribution >= 4 is 17.2 Å². The molecule has 0 aliphatic carbocycles. The van der Waals surface area contributed by atoms with Crippen LogP contribution in [-0.2, 0) is 0 Å². The molecule has 0 aliphatic heterocycles. The summed E-state index contributed by atoms with van der Waals surface area (Å²) in [7, 11) is 0. The van der Waals surface area contributed by atoms with Gasteiger partial charge in [-0.25, -0.2) is 0 Å². The third kappa shape index (κ3) is 3.45. The van der Waals surface area contributed by atoms with Crippen LogP contribution in [0.2, 0.25) is 0 Å². The van der Waals surface area contributed by atoms with Gasteiger partial charge in [0.05, 0.1) is 5.69 Å². The standard InChI is InChI=1S/C16H15N5/c1-11-6-8-12(9-7-11)13-4-2-3-5-14(13)20-21-15(10-17)16(18)19/h2-9,20H,1H3,(H3,18,19)/b21-15+. The fourth-order valence-corrected chi connectivity index (χ4v) is 1.83. The second-order valence-corrected chi connectivity index (χ2v) is 4.51. The van der Waals surface area contributed by atoms with Crippen LogP contribution in [0.4, 0.5) is 5.69 Å². The Kier molecular flexibility index (Phi) is 4.32. The highest BCUT2D eigenvalue weighted by molar-refractivity contribution is 6.45. The first-order chi connectivity index (χ1) is 10.1. The van der Waals surface area contributed by atoms with Crippen molar-refractivity contribution < 1.29 is 0 Å². The number of hydrogen-bond donors (Lipinski definition) is 3. The highest BCUT2D eigenvalue weighted by Gasteiger charge is 2.05. The summed E-state index contributed by atoms with van der Waals surface area (Å²) in [6.07, 6.45) is 0. The summed E-state index contributed by atoms with van der Waals surface area (Å²) in [5.41, 5.74) is 11.9. The van der Waals surface area contributed by atoms with Crippen molar-refractivity contribution in [3.63, 3.8) is 0 Å². The predicted octanol–water partition coefficient (Wildman–Crippen LogP) is 2.89. The topological polar surface area (TPSA) is 98.0 Å². The van der Waals surface area contributed by atoms with Crippen LogP contribution in [0.5, 0.6) is 0 Å². The van der Waals surface area contributed by atoms with Crippen LogP contribution < -0.4 is 11.2 Å². The summed E-state index contributed by atoms with van der Waals surface area (Å²) < 4.78 is 0. The average molecular weight is 277 g/mol. The van der Waals surface area contributed by atoms with E-state index >= 15 is 0 Å². The third-order valence-corrected chi connectivity index (χ3v) is 2.94. The van der Waals surface area contributed by atoms with E-state index in [4.69, 9.17) is 16.4 Å². The molecule has 0 bridgehead atoms. The van der Waals surface area contributed by atoms with Gasteiger partial charge >= 0.3 is 0 Å². The van der Waals surface area contributed by atoms with Gasteiger partial charge in [-0.3, -0.25) is 10.8 Å². The maximum Gasteiger partial charge on any atom is 0.201 e. The fourth-order valence-electron chi connectivity index (χ4n) is 1.83. The number of aryl methyl sites for hydroxylation is 1. The second-order valence-electron chi connectivity index (χ2n) is 4.51. The Hall–Kier alpha value is -3.13. The molecule has 0 saturated heterocycles. The smallest absolute Gasteiger partial charge is 0.201 e. The molecule has 5 nitrogen and oxygen atoms in total. The molecule has 104 valence electrons. The van der Waals surface area contributed by atoms with E-state index in [0.29, 0.717) is 0 Å². The van der Waals surface area contributed by atoms with Crippen LogP contribution in [0, 0.1) is 23.7 Å². The molecule has 0 saturated carbocycles. The summed E-state index contributed by atoms with van der Waals surface area (Å²) in [6.45, 7) is 2.03. The molecule has 21 heavy (non-hydrogen) atoms. The summed E-state index contributed by atoms with van der Waals surface area (Å²) >= 11 is 0. The minimum Gasteiger partial charge on any atom is -0.382 e. The molecule has 0 spiro atoms. The number of anilines is 1. The zero-order chi connectivity index (χ0) is 15.2. The summed E-state index contributed by atoms with van der Waals surface area (Å²) in [4.78, 5) is 0. The molecule has 2 aromatic rings. The van der Waals surface area contributed by atoms with Crippen LogP contribution >= 0.6 is 0 Å². The van der Waals surface area contributed by atoms with Crippen LogP contribution in [-0.4, -0.2) is 11.5 Å². The van der Waals surface area contributed by atoms with E-state index in [9.17, 15) is 0 Å². The fraction of sp³-hybridized carbons (Fsp3) is 0.0625. The zero-order valence-corrected chi connectivity index (χ0v) is 11.6. The van der Waals surface area contributed by atoms with Crippen LogP contribution in [0.3, 0.4) is 0 Å². The molecule has 0 heterocycles. The molecule has 0 aromatic heterocycles. The summed E-state index contributed by atoms with van der Waals surface area (Å²) in [6, 6.07) is 17.5. The van der Waals surface area contributed by atoms with Gasteiger partial charge < -0.3 is 5.73 Å². The van der Waals surface area contributed by atoms with Crippen LogP contribution in [0.25, 0.3) is 11.1 Å². The Balaban J connectivity index is 2.36. The number of benzene rings is 2. The maximum absolute atomic E-state index is 8.85. The van der Waals surface area contributed by atoms with Crippen molar-refractivity contribution in [2.45, 2.75) is 6.92 Å². The van der Waals surface area contributed by atoms with Gasteiger partial charge in [-0.2, -0.15) is 10.4 Å². The normalized spacial score (nSPS) is 10.8. The van der Waals surface area contributed by atoms with Gasteiger partial charge in [0.2, 0.25) is 5.71 Å². The second kappa shape index (κ2) is 6.35. The van der Waals surface area contributed by atoms with E-state index < -0.39 is 0 Å². The lowest BCUT2D eigenvalue weighted by Crippen LogP contribution is -2.21. The van der Waals surface area contributed by atoms with Crippen molar-refractivity contribution in [1.82, 2.24) is 0 Å². The monoisotopic (exact) mass is 277 g/mol. The van der Waals surface area contributed by atoms with Crippen LogP contribution in [0.1, 0.15) is 5.56 Å². The van der Waals surface area contributed by atoms with Gasteiger partial charge in [0.1, 0.15) is 6.07 Å². The molecular weight excluding hydrogens is 262 g/mol. The zero-order valence-electron chi connectivity index (χ0n) is 11.6. The number of nitrogens with two attached hydrogens (primary N) is 1. The Morgan fingerprint density at radius 2 is 1.86 bits per heavy atom. The minimum absolute atomic E-state index is 0.145. The lowest BCUT2D eigenvalue weighted by Gasteiger charge is -2.09. The molecule has 0 atom stereocenters. The van der Waals surface area contributed by atoms with Gasteiger partial charge in [-0.05, 0) is 18.6 Å². The van der Waals surface area contributed by atoms with Gasteiger partial charge in [-0.1, -0.05) is 48.0 Å². The number of amidine groups is 1. The molecule has 0 unspecified atom stereocenters. The summed E-state index contributed by atoms with van der Waals surface area (Å²) in [5.74, 6) is -0.363. The maximum atomic E-state index is 8.85. The Bertz CT molecular complexity index is 723. The average Bonchev–Trinajstić information content (AvgIpc) is 2.49. The van der Waals surface area contributed by atoms with Crippen molar-refractivity contribution in [2.24, 2.45) is 10.8 Å². The first kappa shape index (κ1) is 14.3. The van der Waals surface area contributed by atoms with Crippen molar-refractivity contribution in [3.8, 4) is 17.2 Å². The number of rotatable bonds is 4. The highest BCUT2D eigenvalue weighted by atomic mass is 15.3. The molecule has 2 aromatic carbocycles. The van der Waals surface area contributed by atoms with Crippen molar-refractivity contribution in [3.05, 3.63) is 54.1 Å². The number of nitrogens with one attached hydrogen (secondary N) is 2. The van der Waals surface area contributed by atoms with E-state index in [-0.39, 0.29) is 11.5 Å². The van der Waals surface area contributed by atoms with Gasteiger partial charge in [0.15, 0.2) is 5.84 Å². The Labute approximate surface area is 123 Å². The molecular formula is C16H15N5. The third-order valence-electron chi connectivity index (χ3n) is 2.94. The first-order valence-electron chi connectivity index (χ1n) is 6.36. The molecule has 0 radical (unpaired) electrons. The van der Waals surface area contributed by atoms with E-state index in [0.717, 1.165) is 16.8 Å². The molecule has 0 amide bonds. The molecule has 0 fully saturated rings. The van der Waals surface area contributed by atoms with Crippen molar-refractivity contribution in [2.75, 3.05) is 5.43 Å². The van der Waals surface area contributed by atoms with E-state index in [2.05, 4.69) is 10.5 Å². The van der Waals surface area contributed by atoms with Gasteiger partial charge in [0.25, 0.3) is 0 Å². The molecule has 4 N–H and O–H groups in total. The number of nitriles is 1. The highest BCUT2D eigenvalue weighted by Crippen LogP contribution is 2.27. The SMILES string of the molecule is Cc1ccc(-c2ccccc2N/N=C(\C#N)C(=N)N)cc1. The lowest BCUT2D eigenvalue weighted by molar-refractivity contribution is 1.33. The first-order valence-corrected chi connectivity index (χ1v) is 6.36. The number of hydrogen-bond acceptors (Lipinski definition) is 4. The largest absolute Gasteiger partial charge is 0.382 e. The molecule has 2 rings (SSSR count). The molecule has 5 heteroatoms.